The van der Waals surface area contributed by atoms with Gasteiger partial charge in [0.05, 0.1) is 11.0 Å². The van der Waals surface area contributed by atoms with E-state index >= 15 is 0 Å². The van der Waals surface area contributed by atoms with Crippen molar-refractivity contribution in [3.8, 4) is 27.9 Å². The molecular weight excluding hydrogens is 518 g/mol. The number of aromatic nitrogens is 1. The molecule has 0 aliphatic rings. The van der Waals surface area contributed by atoms with E-state index in [0.717, 1.165) is 0 Å². The van der Waals surface area contributed by atoms with E-state index in [4.69, 9.17) is 0 Å². The van der Waals surface area contributed by atoms with Gasteiger partial charge in [0.1, 0.15) is 0 Å². The maximum atomic E-state index is 2.43. The van der Waals surface area contributed by atoms with Gasteiger partial charge in [-0.25, -0.2) is 0 Å². The van der Waals surface area contributed by atoms with Gasteiger partial charge in [-0.1, -0.05) is 140 Å². The summed E-state index contributed by atoms with van der Waals surface area (Å²) in [5.41, 5.74) is 8.66. The van der Waals surface area contributed by atoms with E-state index < -0.39 is 0 Å². The lowest BCUT2D eigenvalue weighted by atomic mass is 9.86. The van der Waals surface area contributed by atoms with Gasteiger partial charge in [0.2, 0.25) is 0 Å². The first kappa shape index (κ1) is 24.0. The molecule has 8 aromatic carbocycles. The Hall–Kier alpha value is -5.66. The molecule has 0 amide bonds. The highest BCUT2D eigenvalue weighted by Gasteiger charge is 2.18. The minimum atomic E-state index is 1.18. The second-order valence-corrected chi connectivity index (χ2v) is 11.3. The van der Waals surface area contributed by atoms with Gasteiger partial charge in [-0.2, -0.15) is 0 Å². The first-order chi connectivity index (χ1) is 21.3. The van der Waals surface area contributed by atoms with Gasteiger partial charge in [0, 0.05) is 16.5 Å². The Kier molecular flexibility index (Phi) is 5.27. The van der Waals surface area contributed by atoms with Crippen molar-refractivity contribution in [2.24, 2.45) is 0 Å². The molecule has 1 heterocycles. The largest absolute Gasteiger partial charge is 0.309 e. The number of para-hydroxylation sites is 1. The molecule has 0 saturated heterocycles. The van der Waals surface area contributed by atoms with Crippen molar-refractivity contribution < 1.29 is 0 Å². The number of hydrogen-bond donors (Lipinski definition) is 0. The zero-order valence-electron chi connectivity index (χ0n) is 23.5. The molecule has 9 rings (SSSR count). The summed E-state index contributed by atoms with van der Waals surface area (Å²) in [7, 11) is 0. The minimum Gasteiger partial charge on any atom is -0.309 e. The van der Waals surface area contributed by atoms with E-state index in [1.165, 1.54) is 82.1 Å². The zero-order valence-corrected chi connectivity index (χ0v) is 23.5. The molecule has 9 aromatic rings. The van der Waals surface area contributed by atoms with Gasteiger partial charge in [-0.3, -0.25) is 0 Å². The predicted octanol–water partition coefficient (Wildman–Crippen LogP) is 11.6. The van der Waals surface area contributed by atoms with Crippen molar-refractivity contribution in [2.45, 2.75) is 0 Å². The Labute approximate surface area is 249 Å². The van der Waals surface area contributed by atoms with Gasteiger partial charge in [0.25, 0.3) is 0 Å². The SMILES string of the molecule is c1ccc(-c2c3ccccc3c(-c3ccc4c5ccccc5n(-c5ccc6ccccc6c5)c4c3)c3ccccc23)cc1. The average Bonchev–Trinajstić information content (AvgIpc) is 3.41. The molecule has 0 unspecified atom stereocenters. The van der Waals surface area contributed by atoms with Crippen molar-refractivity contribution in [3.63, 3.8) is 0 Å². The summed E-state index contributed by atoms with van der Waals surface area (Å²) in [6, 6.07) is 59.8. The van der Waals surface area contributed by atoms with Crippen LogP contribution in [0.1, 0.15) is 0 Å². The fraction of sp³-hybridized carbons (Fsp3) is 0. The van der Waals surface area contributed by atoms with Gasteiger partial charge >= 0.3 is 0 Å². The molecule has 0 N–H and O–H groups in total. The number of fused-ring (bicyclic) bond motifs is 6. The topological polar surface area (TPSA) is 4.93 Å². The first-order valence-corrected chi connectivity index (χ1v) is 14.9. The number of benzene rings is 8. The maximum Gasteiger partial charge on any atom is 0.0547 e. The number of hydrogen-bond acceptors (Lipinski definition) is 0. The maximum absolute atomic E-state index is 2.43. The normalized spacial score (nSPS) is 11.7. The number of rotatable bonds is 3. The third-order valence-corrected chi connectivity index (χ3v) is 8.95. The molecule has 0 bridgehead atoms. The summed E-state index contributed by atoms with van der Waals surface area (Å²) in [5.74, 6) is 0. The van der Waals surface area contributed by atoms with Crippen molar-refractivity contribution in [2.75, 3.05) is 0 Å². The van der Waals surface area contributed by atoms with Crippen LogP contribution in [0.2, 0.25) is 0 Å². The quantitative estimate of drug-likeness (QED) is 0.195. The van der Waals surface area contributed by atoms with Crippen LogP contribution in [0.5, 0.6) is 0 Å². The lowest BCUT2D eigenvalue weighted by Gasteiger charge is -2.18. The Morgan fingerprint density at radius 3 is 1.53 bits per heavy atom. The molecule has 0 aliphatic heterocycles. The van der Waals surface area contributed by atoms with Crippen molar-refractivity contribution in [1.29, 1.82) is 0 Å². The van der Waals surface area contributed by atoms with Crippen LogP contribution in [0.4, 0.5) is 0 Å². The van der Waals surface area contributed by atoms with Crippen LogP contribution in [0.3, 0.4) is 0 Å². The lowest BCUT2D eigenvalue weighted by Crippen LogP contribution is -1.94. The van der Waals surface area contributed by atoms with E-state index in [1.54, 1.807) is 0 Å². The van der Waals surface area contributed by atoms with E-state index in [2.05, 4.69) is 168 Å². The molecule has 43 heavy (non-hydrogen) atoms. The number of nitrogens with zero attached hydrogens (tertiary/aromatic N) is 1. The third kappa shape index (κ3) is 3.65. The van der Waals surface area contributed by atoms with Gasteiger partial charge in [-0.15, -0.1) is 0 Å². The Morgan fingerprint density at radius 2 is 0.837 bits per heavy atom. The van der Waals surface area contributed by atoms with Crippen LogP contribution in [0, 0.1) is 0 Å². The average molecular weight is 546 g/mol. The molecule has 0 saturated carbocycles. The summed E-state index contributed by atoms with van der Waals surface area (Å²) < 4.78 is 2.43. The standard InChI is InChI=1S/C42H27N/c1-2-13-29(14-3-1)41-35-17-6-8-19-37(35)42(38-20-9-7-18-36(38)41)31-23-25-34-33-16-10-11-21-39(33)43(40(34)27-31)32-24-22-28-12-4-5-15-30(28)26-32/h1-27H. The minimum absolute atomic E-state index is 1.18. The highest BCUT2D eigenvalue weighted by Crippen LogP contribution is 2.45. The molecule has 1 nitrogen and oxygen atoms in total. The predicted molar refractivity (Wildman–Crippen MR) is 184 cm³/mol. The van der Waals surface area contributed by atoms with Crippen LogP contribution < -0.4 is 0 Å². The lowest BCUT2D eigenvalue weighted by molar-refractivity contribution is 1.19. The van der Waals surface area contributed by atoms with Crippen molar-refractivity contribution in [3.05, 3.63) is 164 Å². The first-order valence-electron chi connectivity index (χ1n) is 14.9. The van der Waals surface area contributed by atoms with Gasteiger partial charge < -0.3 is 4.57 Å². The van der Waals surface area contributed by atoms with Crippen LogP contribution in [-0.4, -0.2) is 4.57 Å². The Bertz CT molecular complexity index is 2440. The second kappa shape index (κ2) is 9.44. The molecular formula is C42H27N. The molecule has 0 spiro atoms. The van der Waals surface area contributed by atoms with E-state index in [9.17, 15) is 0 Å². The summed E-state index contributed by atoms with van der Waals surface area (Å²) in [4.78, 5) is 0. The van der Waals surface area contributed by atoms with Crippen LogP contribution in [-0.2, 0) is 0 Å². The molecule has 0 atom stereocenters. The summed E-state index contributed by atoms with van der Waals surface area (Å²) in [6.07, 6.45) is 0. The van der Waals surface area contributed by atoms with Gasteiger partial charge in [-0.05, 0) is 78.8 Å². The molecule has 0 radical (unpaired) electrons. The van der Waals surface area contributed by atoms with Crippen LogP contribution in [0.15, 0.2) is 164 Å². The molecule has 0 fully saturated rings. The molecule has 0 aliphatic carbocycles. The molecule has 1 heteroatoms. The molecule has 200 valence electrons. The van der Waals surface area contributed by atoms with Crippen LogP contribution >= 0.6 is 0 Å². The zero-order chi connectivity index (χ0) is 28.3. The van der Waals surface area contributed by atoms with E-state index in [-0.39, 0.29) is 0 Å². The highest BCUT2D eigenvalue weighted by atomic mass is 15.0. The van der Waals surface area contributed by atoms with Crippen LogP contribution in [0.25, 0.3) is 82.1 Å². The van der Waals surface area contributed by atoms with E-state index in [0.29, 0.717) is 0 Å². The summed E-state index contributed by atoms with van der Waals surface area (Å²) in [6.45, 7) is 0. The fourth-order valence-corrected chi connectivity index (χ4v) is 7.08. The molecule has 1 aromatic heterocycles. The van der Waals surface area contributed by atoms with Crippen molar-refractivity contribution >= 4 is 54.1 Å². The summed E-state index contributed by atoms with van der Waals surface area (Å²) in [5, 5.41) is 10.1. The Morgan fingerprint density at radius 1 is 0.302 bits per heavy atom. The van der Waals surface area contributed by atoms with Gasteiger partial charge in [0.15, 0.2) is 0 Å². The smallest absolute Gasteiger partial charge is 0.0547 e. The fourth-order valence-electron chi connectivity index (χ4n) is 7.08. The van der Waals surface area contributed by atoms with E-state index in [1.807, 2.05) is 0 Å². The monoisotopic (exact) mass is 545 g/mol. The second-order valence-electron chi connectivity index (χ2n) is 11.3. The summed E-state index contributed by atoms with van der Waals surface area (Å²) >= 11 is 0. The highest BCUT2D eigenvalue weighted by molar-refractivity contribution is 6.22. The van der Waals surface area contributed by atoms with Crippen molar-refractivity contribution in [1.82, 2.24) is 4.57 Å². The third-order valence-electron chi connectivity index (χ3n) is 8.95. The Balaban J connectivity index is 1.38.